The monoisotopic (exact) mass is 573 g/mol. The van der Waals surface area contributed by atoms with E-state index >= 15 is 0 Å². The first-order chi connectivity index (χ1) is 18.0. The summed E-state index contributed by atoms with van der Waals surface area (Å²) in [5.74, 6) is -0.750. The number of rotatable bonds is 7. The number of ether oxygens (including phenoxy) is 1. The second kappa shape index (κ2) is 11.0. The van der Waals surface area contributed by atoms with Crippen LogP contribution in [0.4, 0.5) is 17.1 Å². The van der Waals surface area contributed by atoms with Crippen LogP contribution in [0.15, 0.2) is 75.8 Å². The smallest absolute Gasteiger partial charge is 0.297 e. The number of anilines is 1. The number of phenols is 1. The number of hydrogen-bond acceptors (Lipinski definition) is 7. The fourth-order valence-corrected chi connectivity index (χ4v) is 5.31. The molecule has 1 amide bonds. The van der Waals surface area contributed by atoms with Gasteiger partial charge in [-0.3, -0.25) is 9.35 Å². The van der Waals surface area contributed by atoms with Gasteiger partial charge >= 0.3 is 0 Å². The molecule has 12 heteroatoms. The molecule has 0 aliphatic heterocycles. The number of aromatic hydroxyl groups is 1. The number of carbonyl (C=O) groups excluding carboxylic acids is 1. The Kier molecular flexibility index (Phi) is 7.89. The maximum Gasteiger partial charge on any atom is 0.297 e. The Balaban J connectivity index is 1.86. The van der Waals surface area contributed by atoms with Crippen molar-refractivity contribution in [3.8, 4) is 11.5 Å². The number of azo groups is 1. The highest BCUT2D eigenvalue weighted by Crippen LogP contribution is 2.42. The zero-order valence-electron chi connectivity index (χ0n) is 20.1. The van der Waals surface area contributed by atoms with Crippen LogP contribution in [-0.4, -0.2) is 31.1 Å². The summed E-state index contributed by atoms with van der Waals surface area (Å²) in [4.78, 5) is 12.7. The summed E-state index contributed by atoms with van der Waals surface area (Å²) in [5, 5.41) is 23.1. The van der Waals surface area contributed by atoms with E-state index in [0.29, 0.717) is 27.2 Å². The van der Waals surface area contributed by atoms with Crippen molar-refractivity contribution in [1.29, 1.82) is 0 Å². The summed E-state index contributed by atoms with van der Waals surface area (Å²) in [7, 11) is -3.25. The molecule has 0 fully saturated rings. The molecule has 0 aliphatic rings. The molecule has 0 atom stereocenters. The molecule has 38 heavy (non-hydrogen) atoms. The highest BCUT2D eigenvalue weighted by molar-refractivity contribution is 7.86. The number of benzene rings is 4. The molecule has 0 bridgehead atoms. The van der Waals surface area contributed by atoms with Crippen LogP contribution in [0.2, 0.25) is 10.0 Å². The van der Waals surface area contributed by atoms with Gasteiger partial charge in [-0.05, 0) is 41.6 Å². The van der Waals surface area contributed by atoms with E-state index in [9.17, 15) is 22.9 Å². The Morgan fingerprint density at radius 3 is 2.42 bits per heavy atom. The van der Waals surface area contributed by atoms with Crippen molar-refractivity contribution in [2.24, 2.45) is 10.2 Å². The number of hydrogen-bond donors (Lipinski definition) is 3. The first-order valence-corrected chi connectivity index (χ1v) is 13.3. The molecule has 4 aromatic carbocycles. The van der Waals surface area contributed by atoms with E-state index in [1.54, 1.807) is 43.3 Å². The van der Waals surface area contributed by atoms with Gasteiger partial charge in [-0.15, -0.1) is 10.2 Å². The molecule has 0 saturated carbocycles. The fourth-order valence-electron chi connectivity index (χ4n) is 3.89. The van der Waals surface area contributed by atoms with Crippen LogP contribution in [0.1, 0.15) is 22.8 Å². The van der Waals surface area contributed by atoms with E-state index in [-0.39, 0.29) is 33.9 Å². The van der Waals surface area contributed by atoms with Crippen LogP contribution >= 0.6 is 23.2 Å². The summed E-state index contributed by atoms with van der Waals surface area (Å²) in [6.45, 7) is 1.70. The first-order valence-electron chi connectivity index (χ1n) is 11.1. The second-order valence-electron chi connectivity index (χ2n) is 8.09. The summed E-state index contributed by atoms with van der Waals surface area (Å²) >= 11 is 12.3. The molecule has 0 radical (unpaired) electrons. The van der Waals surface area contributed by atoms with Crippen molar-refractivity contribution < 1.29 is 27.6 Å². The van der Waals surface area contributed by atoms with Gasteiger partial charge in [0.2, 0.25) is 0 Å². The van der Waals surface area contributed by atoms with Crippen molar-refractivity contribution >= 4 is 67.1 Å². The van der Waals surface area contributed by atoms with E-state index in [1.165, 1.54) is 31.4 Å². The number of methoxy groups -OCH3 is 1. The van der Waals surface area contributed by atoms with Crippen molar-refractivity contribution in [3.63, 3.8) is 0 Å². The SMILES string of the molecule is CCc1ccc(Cl)c(N=Nc2c(O)c(C(=O)Nc3cc(Cl)cc(OC)c3)cc3ccccc23)c1S(=O)(=O)O. The lowest BCUT2D eigenvalue weighted by Gasteiger charge is -2.13. The molecule has 9 nitrogen and oxygen atoms in total. The Labute approximate surface area is 228 Å². The van der Waals surface area contributed by atoms with Gasteiger partial charge in [0.05, 0.1) is 17.7 Å². The largest absolute Gasteiger partial charge is 0.505 e. The van der Waals surface area contributed by atoms with Crippen molar-refractivity contribution in [1.82, 2.24) is 0 Å². The summed E-state index contributed by atoms with van der Waals surface area (Å²) in [5.41, 5.74) is 0.0927. The maximum absolute atomic E-state index is 13.2. The number of amides is 1. The molecule has 4 rings (SSSR count). The summed E-state index contributed by atoms with van der Waals surface area (Å²) in [6, 6.07) is 15.8. The number of fused-ring (bicyclic) bond motifs is 1. The van der Waals surface area contributed by atoms with Crippen molar-refractivity contribution in [2.75, 3.05) is 12.4 Å². The van der Waals surface area contributed by atoms with E-state index < -0.39 is 26.7 Å². The third-order valence-electron chi connectivity index (χ3n) is 5.66. The van der Waals surface area contributed by atoms with Crippen LogP contribution in [0.5, 0.6) is 11.5 Å². The number of nitrogens with one attached hydrogen (secondary N) is 1. The molecule has 3 N–H and O–H groups in total. The molecule has 4 aromatic rings. The molecule has 0 heterocycles. The topological polar surface area (TPSA) is 138 Å². The average Bonchev–Trinajstić information content (AvgIpc) is 2.87. The maximum atomic E-state index is 13.2. The lowest BCUT2D eigenvalue weighted by Crippen LogP contribution is -2.12. The van der Waals surface area contributed by atoms with Gasteiger partial charge in [0, 0.05) is 22.2 Å². The Morgan fingerprint density at radius 2 is 1.74 bits per heavy atom. The van der Waals surface area contributed by atoms with Gasteiger partial charge < -0.3 is 15.2 Å². The normalized spacial score (nSPS) is 11.7. The summed E-state index contributed by atoms with van der Waals surface area (Å²) in [6.07, 6.45) is 0.271. The summed E-state index contributed by atoms with van der Waals surface area (Å²) < 4.78 is 39.3. The van der Waals surface area contributed by atoms with Gasteiger partial charge in [0.15, 0.2) is 5.75 Å². The molecular formula is C26H21Cl2N3O6S. The van der Waals surface area contributed by atoms with Crippen LogP contribution in [-0.2, 0) is 16.5 Å². The second-order valence-corrected chi connectivity index (χ2v) is 10.3. The Morgan fingerprint density at radius 1 is 1.03 bits per heavy atom. The molecule has 0 spiro atoms. The quantitative estimate of drug-likeness (QED) is 0.156. The zero-order chi connectivity index (χ0) is 27.6. The number of aryl methyl sites for hydroxylation is 1. The van der Waals surface area contributed by atoms with E-state index in [2.05, 4.69) is 15.5 Å². The van der Waals surface area contributed by atoms with Crippen LogP contribution < -0.4 is 10.1 Å². The molecule has 0 aliphatic carbocycles. The van der Waals surface area contributed by atoms with Crippen LogP contribution in [0.25, 0.3) is 10.8 Å². The standard InChI is InChI=1S/C26H21Cl2N3O6S/c1-3-14-8-9-21(28)23(25(14)38(34,35)36)31-30-22-19-7-5-4-6-15(19)10-20(24(22)32)26(33)29-17-11-16(27)12-18(13-17)37-2/h4-13,32H,3H2,1-2H3,(H,29,33)(H,34,35,36). The van der Waals surface area contributed by atoms with Crippen LogP contribution in [0, 0.1) is 0 Å². The minimum Gasteiger partial charge on any atom is -0.505 e. The number of phenolic OH excluding ortho intramolecular Hbond substituents is 1. The van der Waals surface area contributed by atoms with Gasteiger partial charge in [0.25, 0.3) is 16.0 Å². The van der Waals surface area contributed by atoms with E-state index in [0.717, 1.165) is 0 Å². The number of nitrogens with zero attached hydrogens (tertiary/aromatic N) is 2. The minimum absolute atomic E-state index is 0.0776. The van der Waals surface area contributed by atoms with E-state index in [1.807, 2.05) is 0 Å². The lowest BCUT2D eigenvalue weighted by atomic mass is 10.0. The Bertz CT molecular complexity index is 1710. The third-order valence-corrected chi connectivity index (χ3v) is 7.15. The molecule has 0 unspecified atom stereocenters. The number of halogens is 2. The van der Waals surface area contributed by atoms with Gasteiger partial charge in [-0.25, -0.2) is 0 Å². The number of carbonyl (C=O) groups is 1. The van der Waals surface area contributed by atoms with Crippen molar-refractivity contribution in [3.05, 3.63) is 81.8 Å². The predicted molar refractivity (Wildman–Crippen MR) is 146 cm³/mol. The lowest BCUT2D eigenvalue weighted by molar-refractivity contribution is 0.102. The predicted octanol–water partition coefficient (Wildman–Crippen LogP) is 7.34. The highest BCUT2D eigenvalue weighted by atomic mass is 35.5. The fraction of sp³-hybridized carbons (Fsp3) is 0.115. The Hall–Kier alpha value is -3.70. The molecule has 0 saturated heterocycles. The first kappa shape index (κ1) is 27.3. The van der Waals surface area contributed by atoms with Crippen molar-refractivity contribution in [2.45, 2.75) is 18.2 Å². The third kappa shape index (κ3) is 5.58. The zero-order valence-corrected chi connectivity index (χ0v) is 22.4. The molecular weight excluding hydrogens is 553 g/mol. The van der Waals surface area contributed by atoms with Gasteiger partial charge in [-0.2, -0.15) is 8.42 Å². The molecule has 0 aromatic heterocycles. The molecule has 196 valence electrons. The average molecular weight is 574 g/mol. The van der Waals surface area contributed by atoms with Gasteiger partial charge in [-0.1, -0.05) is 60.5 Å². The van der Waals surface area contributed by atoms with E-state index in [4.69, 9.17) is 27.9 Å². The van der Waals surface area contributed by atoms with Gasteiger partial charge in [0.1, 0.15) is 22.0 Å². The highest BCUT2D eigenvalue weighted by Gasteiger charge is 2.24. The van der Waals surface area contributed by atoms with Crippen LogP contribution in [0.3, 0.4) is 0 Å². The minimum atomic E-state index is -4.71.